The van der Waals surface area contributed by atoms with Crippen molar-refractivity contribution in [1.82, 2.24) is 29.8 Å². The summed E-state index contributed by atoms with van der Waals surface area (Å²) >= 11 is 0. The molecule has 0 N–H and O–H groups in total. The summed E-state index contributed by atoms with van der Waals surface area (Å²) in [6, 6.07) is 6.94. The molecule has 21 heavy (non-hydrogen) atoms. The molecule has 0 radical (unpaired) electrons. The van der Waals surface area contributed by atoms with Gasteiger partial charge in [-0.25, -0.2) is 4.68 Å². The van der Waals surface area contributed by atoms with Gasteiger partial charge in [-0.05, 0) is 26.2 Å². The van der Waals surface area contributed by atoms with Crippen LogP contribution in [-0.2, 0) is 6.42 Å². The van der Waals surface area contributed by atoms with E-state index < -0.39 is 0 Å². The Hall–Kier alpha value is -1.79. The molecule has 0 unspecified atom stereocenters. The number of aromatic nitrogens is 4. The summed E-state index contributed by atoms with van der Waals surface area (Å²) in [6.07, 6.45) is 6.57. The minimum Gasteiger partial charge on any atom is -0.303 e. The maximum atomic E-state index is 4.40. The van der Waals surface area contributed by atoms with Gasteiger partial charge in [-0.15, -0.1) is 5.10 Å². The lowest BCUT2D eigenvalue weighted by atomic mass is 10.1. The van der Waals surface area contributed by atoms with Crippen LogP contribution in [0.1, 0.15) is 11.7 Å². The summed E-state index contributed by atoms with van der Waals surface area (Å²) in [7, 11) is 4.27. The Kier molecular flexibility index (Phi) is 4.26. The molecule has 2 atom stereocenters. The van der Waals surface area contributed by atoms with Gasteiger partial charge in [0.2, 0.25) is 0 Å². The highest BCUT2D eigenvalue weighted by Gasteiger charge is 2.35. The van der Waals surface area contributed by atoms with Gasteiger partial charge in [0.1, 0.15) is 0 Å². The van der Waals surface area contributed by atoms with E-state index >= 15 is 0 Å². The Bertz CT molecular complexity index is 539. The Labute approximate surface area is 125 Å². The Balaban J connectivity index is 1.63. The van der Waals surface area contributed by atoms with Crippen LogP contribution in [0.2, 0.25) is 0 Å². The summed E-state index contributed by atoms with van der Waals surface area (Å²) in [5.41, 5.74) is 1.16. The second kappa shape index (κ2) is 6.32. The Morgan fingerprint density at radius 1 is 1.24 bits per heavy atom. The zero-order valence-corrected chi connectivity index (χ0v) is 12.6. The second-order valence-corrected chi connectivity index (χ2v) is 5.81. The van der Waals surface area contributed by atoms with E-state index in [1.54, 1.807) is 6.20 Å². The maximum absolute atomic E-state index is 4.40. The van der Waals surface area contributed by atoms with Crippen LogP contribution in [0.15, 0.2) is 36.8 Å². The van der Waals surface area contributed by atoms with Gasteiger partial charge >= 0.3 is 0 Å². The average molecular weight is 286 g/mol. The van der Waals surface area contributed by atoms with E-state index in [2.05, 4.69) is 45.3 Å². The first-order valence-electron chi connectivity index (χ1n) is 7.38. The van der Waals surface area contributed by atoms with E-state index in [-0.39, 0.29) is 0 Å². The normalized spacial score (nSPS) is 23.0. The predicted molar refractivity (Wildman–Crippen MR) is 80.9 cm³/mol. The number of hydrogen-bond acceptors (Lipinski definition) is 5. The van der Waals surface area contributed by atoms with Crippen LogP contribution < -0.4 is 0 Å². The first kappa shape index (κ1) is 14.2. The van der Waals surface area contributed by atoms with Gasteiger partial charge in [0, 0.05) is 50.2 Å². The highest BCUT2D eigenvalue weighted by atomic mass is 15.5. The molecular formula is C15H22N6. The van der Waals surface area contributed by atoms with Crippen LogP contribution in [0.5, 0.6) is 0 Å². The largest absolute Gasteiger partial charge is 0.303 e. The minimum atomic E-state index is 0.367. The van der Waals surface area contributed by atoms with E-state index in [1.807, 2.05) is 29.2 Å². The van der Waals surface area contributed by atoms with Gasteiger partial charge < -0.3 is 4.90 Å². The van der Waals surface area contributed by atoms with Crippen molar-refractivity contribution in [2.24, 2.45) is 0 Å². The quantitative estimate of drug-likeness (QED) is 0.810. The lowest BCUT2D eigenvalue weighted by Crippen LogP contribution is -2.36. The molecule has 0 amide bonds. The molecule has 6 nitrogen and oxygen atoms in total. The smallest absolute Gasteiger partial charge is 0.0830 e. The Morgan fingerprint density at radius 3 is 2.81 bits per heavy atom. The van der Waals surface area contributed by atoms with E-state index in [4.69, 9.17) is 0 Å². The molecule has 6 heteroatoms. The highest BCUT2D eigenvalue weighted by Crippen LogP contribution is 2.24. The van der Waals surface area contributed by atoms with Gasteiger partial charge in [-0.2, -0.15) is 0 Å². The molecule has 112 valence electrons. The topological polar surface area (TPSA) is 50.1 Å². The fourth-order valence-corrected chi connectivity index (χ4v) is 3.01. The van der Waals surface area contributed by atoms with Crippen molar-refractivity contribution in [3.63, 3.8) is 0 Å². The number of rotatable bonds is 5. The van der Waals surface area contributed by atoms with Gasteiger partial charge in [-0.3, -0.25) is 9.88 Å². The molecule has 0 bridgehead atoms. The molecule has 0 spiro atoms. The summed E-state index contributed by atoms with van der Waals surface area (Å²) in [5.74, 6) is 0. The summed E-state index contributed by atoms with van der Waals surface area (Å²) in [4.78, 5) is 9.17. The first-order chi connectivity index (χ1) is 10.2. The number of nitrogens with zero attached hydrogens (tertiary/aromatic N) is 6. The molecule has 1 saturated heterocycles. The van der Waals surface area contributed by atoms with E-state index in [0.29, 0.717) is 12.1 Å². The molecule has 1 aliphatic heterocycles. The zero-order chi connectivity index (χ0) is 14.7. The number of hydrogen-bond donors (Lipinski definition) is 0. The van der Waals surface area contributed by atoms with Gasteiger partial charge in [0.25, 0.3) is 0 Å². The van der Waals surface area contributed by atoms with Crippen molar-refractivity contribution in [1.29, 1.82) is 0 Å². The fourth-order valence-electron chi connectivity index (χ4n) is 3.01. The van der Waals surface area contributed by atoms with Gasteiger partial charge in [0.05, 0.1) is 12.2 Å². The minimum absolute atomic E-state index is 0.367. The molecule has 3 heterocycles. The molecule has 2 aromatic heterocycles. The third-order valence-electron chi connectivity index (χ3n) is 4.19. The van der Waals surface area contributed by atoms with E-state index in [1.165, 1.54) is 0 Å². The van der Waals surface area contributed by atoms with Crippen LogP contribution >= 0.6 is 0 Å². The van der Waals surface area contributed by atoms with Crippen molar-refractivity contribution in [3.05, 3.63) is 42.5 Å². The summed E-state index contributed by atoms with van der Waals surface area (Å²) in [6.45, 7) is 3.11. The molecule has 0 aromatic carbocycles. The third-order valence-corrected chi connectivity index (χ3v) is 4.19. The molecule has 3 rings (SSSR count). The van der Waals surface area contributed by atoms with Crippen LogP contribution in [0.25, 0.3) is 0 Å². The van der Waals surface area contributed by atoms with E-state index in [0.717, 1.165) is 31.7 Å². The summed E-state index contributed by atoms with van der Waals surface area (Å²) in [5, 5.41) is 8.13. The molecule has 0 aliphatic carbocycles. The lowest BCUT2D eigenvalue weighted by Gasteiger charge is -2.24. The van der Waals surface area contributed by atoms with E-state index in [9.17, 15) is 0 Å². The SMILES string of the molecule is CN(C)[C@@H]1CN(CCc2ccccn2)C[C@@H]1n1ccnn1. The van der Waals surface area contributed by atoms with Crippen molar-refractivity contribution in [2.75, 3.05) is 33.7 Å². The van der Waals surface area contributed by atoms with Gasteiger partial charge in [-0.1, -0.05) is 11.3 Å². The van der Waals surface area contributed by atoms with Crippen LogP contribution in [0, 0.1) is 0 Å². The van der Waals surface area contributed by atoms with Crippen molar-refractivity contribution >= 4 is 0 Å². The molecule has 2 aromatic rings. The molecular weight excluding hydrogens is 264 g/mol. The van der Waals surface area contributed by atoms with Crippen molar-refractivity contribution in [2.45, 2.75) is 18.5 Å². The number of likely N-dealkylation sites (N-methyl/N-ethyl adjacent to an activating group) is 1. The number of likely N-dealkylation sites (tertiary alicyclic amines) is 1. The second-order valence-electron chi connectivity index (χ2n) is 5.81. The monoisotopic (exact) mass is 286 g/mol. The van der Waals surface area contributed by atoms with Crippen LogP contribution in [0.4, 0.5) is 0 Å². The highest BCUT2D eigenvalue weighted by molar-refractivity contribution is 5.04. The zero-order valence-electron chi connectivity index (χ0n) is 12.6. The lowest BCUT2D eigenvalue weighted by molar-refractivity contribution is 0.238. The first-order valence-corrected chi connectivity index (χ1v) is 7.38. The van der Waals surface area contributed by atoms with Crippen LogP contribution in [-0.4, -0.2) is 69.5 Å². The molecule has 1 aliphatic rings. The van der Waals surface area contributed by atoms with Crippen molar-refractivity contribution < 1.29 is 0 Å². The standard InChI is InChI=1S/C15H22N6/c1-19(2)14-11-20(9-6-13-5-3-4-7-16-13)12-15(14)21-10-8-17-18-21/h3-5,7-8,10,14-15H,6,9,11-12H2,1-2H3/t14-,15+/m1/s1. The average Bonchev–Trinajstić information content (AvgIpc) is 3.15. The Morgan fingerprint density at radius 2 is 2.14 bits per heavy atom. The fraction of sp³-hybridized carbons (Fsp3) is 0.533. The van der Waals surface area contributed by atoms with Crippen molar-refractivity contribution in [3.8, 4) is 0 Å². The number of pyridine rings is 1. The molecule has 1 fully saturated rings. The molecule has 0 saturated carbocycles. The summed E-state index contributed by atoms with van der Waals surface area (Å²) < 4.78 is 1.99. The van der Waals surface area contributed by atoms with Crippen LogP contribution in [0.3, 0.4) is 0 Å². The van der Waals surface area contributed by atoms with Gasteiger partial charge in [0.15, 0.2) is 0 Å². The third kappa shape index (κ3) is 3.28. The maximum Gasteiger partial charge on any atom is 0.0830 e. The predicted octanol–water partition coefficient (Wildman–Crippen LogP) is 0.703.